The van der Waals surface area contributed by atoms with Crippen molar-refractivity contribution in [2.24, 2.45) is 0 Å². The maximum atomic E-state index is 9.10. The quantitative estimate of drug-likeness (QED) is 0.918. The van der Waals surface area contributed by atoms with Crippen LogP contribution in [0.25, 0.3) is 11.3 Å². The lowest BCUT2D eigenvalue weighted by atomic mass is 10.2. The summed E-state index contributed by atoms with van der Waals surface area (Å²) in [6.45, 7) is 2.65. The third-order valence-electron chi connectivity index (χ3n) is 3.09. The second-order valence-corrected chi connectivity index (χ2v) is 5.40. The first-order valence-electron chi connectivity index (χ1n) is 6.12. The van der Waals surface area contributed by atoms with E-state index in [1.54, 1.807) is 6.20 Å². The number of rotatable bonds is 5. The minimum Gasteiger partial charge on any atom is -0.439 e. The van der Waals surface area contributed by atoms with Gasteiger partial charge in [0.25, 0.3) is 0 Å². The van der Waals surface area contributed by atoms with Crippen molar-refractivity contribution in [3.63, 3.8) is 0 Å². The summed E-state index contributed by atoms with van der Waals surface area (Å²) in [4.78, 5) is 6.28. The summed E-state index contributed by atoms with van der Waals surface area (Å²) in [6.07, 6.45) is 1.73. The largest absolute Gasteiger partial charge is 0.439 e. The molecule has 102 valence electrons. The van der Waals surface area contributed by atoms with Gasteiger partial charge < -0.3 is 9.52 Å². The lowest BCUT2D eigenvalue weighted by molar-refractivity contribution is 0.145. The Labute approximate surface area is 121 Å². The van der Waals surface area contributed by atoms with Gasteiger partial charge in [-0.1, -0.05) is 34.1 Å². The van der Waals surface area contributed by atoms with Gasteiger partial charge in [-0.25, -0.2) is 4.98 Å². The van der Waals surface area contributed by atoms with Crippen molar-refractivity contribution in [2.45, 2.75) is 19.5 Å². The molecule has 5 heteroatoms. The molecule has 1 unspecified atom stereocenters. The third kappa shape index (κ3) is 3.43. The van der Waals surface area contributed by atoms with Crippen LogP contribution in [0.1, 0.15) is 12.8 Å². The van der Waals surface area contributed by atoms with Crippen molar-refractivity contribution in [3.05, 3.63) is 40.8 Å². The molecule has 0 aliphatic rings. The van der Waals surface area contributed by atoms with Gasteiger partial charge in [-0.15, -0.1) is 0 Å². The van der Waals surface area contributed by atoms with E-state index in [1.165, 1.54) is 0 Å². The van der Waals surface area contributed by atoms with E-state index in [1.807, 2.05) is 43.1 Å². The molecule has 2 rings (SSSR count). The average Bonchev–Trinajstić information content (AvgIpc) is 2.86. The molecule has 0 fully saturated rings. The predicted molar refractivity (Wildman–Crippen MR) is 77.7 cm³/mol. The highest BCUT2D eigenvalue weighted by Gasteiger charge is 2.13. The van der Waals surface area contributed by atoms with Gasteiger partial charge in [0, 0.05) is 16.1 Å². The van der Waals surface area contributed by atoms with E-state index in [2.05, 4.69) is 20.9 Å². The zero-order valence-corrected chi connectivity index (χ0v) is 12.6. The zero-order valence-electron chi connectivity index (χ0n) is 11.0. The first kappa shape index (κ1) is 14.2. The lowest BCUT2D eigenvalue weighted by Gasteiger charge is -2.20. The Morgan fingerprint density at radius 1 is 1.42 bits per heavy atom. The summed E-state index contributed by atoms with van der Waals surface area (Å²) < 4.78 is 6.73. The van der Waals surface area contributed by atoms with E-state index in [4.69, 9.17) is 9.52 Å². The Bertz CT molecular complexity index is 542. The second-order valence-electron chi connectivity index (χ2n) is 4.54. The molecule has 1 aromatic heterocycles. The summed E-state index contributed by atoms with van der Waals surface area (Å²) in [5, 5.41) is 9.10. The van der Waals surface area contributed by atoms with E-state index in [0.717, 1.165) is 15.8 Å². The fraction of sp³-hybridized carbons (Fsp3) is 0.357. The summed E-state index contributed by atoms with van der Waals surface area (Å²) in [7, 11) is 1.93. The standard InChI is InChI=1S/C14H17BrN2O2/c1-10(9-18)17(2)8-14-16-7-13(19-14)11-5-3-4-6-12(11)15/h3-7,10,18H,8-9H2,1-2H3. The lowest BCUT2D eigenvalue weighted by Crippen LogP contribution is -2.31. The molecular formula is C14H17BrN2O2. The van der Waals surface area contributed by atoms with E-state index in [0.29, 0.717) is 12.4 Å². The molecule has 0 aliphatic carbocycles. The van der Waals surface area contributed by atoms with Crippen LogP contribution in [0, 0.1) is 0 Å². The molecule has 1 N–H and O–H groups in total. The summed E-state index contributed by atoms with van der Waals surface area (Å²) in [5.74, 6) is 1.39. The van der Waals surface area contributed by atoms with E-state index >= 15 is 0 Å². The van der Waals surface area contributed by atoms with Gasteiger partial charge in [0.15, 0.2) is 5.76 Å². The van der Waals surface area contributed by atoms with Gasteiger partial charge in [-0.2, -0.15) is 0 Å². The predicted octanol–water partition coefficient (Wildman–Crippen LogP) is 2.92. The SMILES string of the molecule is CC(CO)N(C)Cc1ncc(-c2ccccc2Br)o1. The van der Waals surface area contributed by atoms with Crippen LogP contribution in [-0.2, 0) is 6.54 Å². The molecular weight excluding hydrogens is 308 g/mol. The van der Waals surface area contributed by atoms with Crippen LogP contribution >= 0.6 is 15.9 Å². The summed E-state index contributed by atoms with van der Waals surface area (Å²) >= 11 is 3.50. The fourth-order valence-electron chi connectivity index (χ4n) is 1.68. The Hall–Kier alpha value is -1.17. The minimum absolute atomic E-state index is 0.0822. The number of halogens is 1. The Morgan fingerprint density at radius 3 is 2.84 bits per heavy atom. The van der Waals surface area contributed by atoms with E-state index in [9.17, 15) is 0 Å². The van der Waals surface area contributed by atoms with Crippen molar-refractivity contribution >= 4 is 15.9 Å². The van der Waals surface area contributed by atoms with E-state index in [-0.39, 0.29) is 12.6 Å². The number of hydrogen-bond donors (Lipinski definition) is 1. The molecule has 4 nitrogen and oxygen atoms in total. The molecule has 1 aromatic carbocycles. The molecule has 19 heavy (non-hydrogen) atoms. The van der Waals surface area contributed by atoms with Crippen LogP contribution in [0.2, 0.25) is 0 Å². The molecule has 0 aliphatic heterocycles. The maximum Gasteiger partial charge on any atom is 0.209 e. The molecule has 0 spiro atoms. The Balaban J connectivity index is 2.14. The molecule has 0 saturated heterocycles. The van der Waals surface area contributed by atoms with Gasteiger partial charge in [0.05, 0.1) is 19.3 Å². The van der Waals surface area contributed by atoms with E-state index < -0.39 is 0 Å². The molecule has 1 heterocycles. The molecule has 0 radical (unpaired) electrons. The van der Waals surface area contributed by atoms with Crippen molar-refractivity contribution in [1.82, 2.24) is 9.88 Å². The summed E-state index contributed by atoms with van der Waals surface area (Å²) in [6, 6.07) is 7.95. The number of benzene rings is 1. The van der Waals surface area contributed by atoms with Gasteiger partial charge in [-0.3, -0.25) is 4.90 Å². The van der Waals surface area contributed by atoms with Crippen molar-refractivity contribution < 1.29 is 9.52 Å². The average molecular weight is 325 g/mol. The molecule has 0 amide bonds. The third-order valence-corrected chi connectivity index (χ3v) is 3.79. The van der Waals surface area contributed by atoms with Gasteiger partial charge in [0.1, 0.15) is 0 Å². The summed E-state index contributed by atoms with van der Waals surface area (Å²) in [5.41, 5.74) is 0.985. The fourth-order valence-corrected chi connectivity index (χ4v) is 2.16. The zero-order chi connectivity index (χ0) is 13.8. The van der Waals surface area contributed by atoms with Crippen molar-refractivity contribution in [3.8, 4) is 11.3 Å². The highest BCUT2D eigenvalue weighted by molar-refractivity contribution is 9.10. The Morgan fingerprint density at radius 2 is 2.16 bits per heavy atom. The number of nitrogens with zero attached hydrogens (tertiary/aromatic N) is 2. The normalized spacial score (nSPS) is 12.9. The number of aliphatic hydroxyl groups excluding tert-OH is 1. The highest BCUT2D eigenvalue weighted by Crippen LogP contribution is 2.28. The molecule has 0 saturated carbocycles. The minimum atomic E-state index is 0.0822. The van der Waals surface area contributed by atoms with Crippen LogP contribution < -0.4 is 0 Å². The van der Waals surface area contributed by atoms with Crippen LogP contribution in [-0.4, -0.2) is 34.7 Å². The smallest absolute Gasteiger partial charge is 0.209 e. The van der Waals surface area contributed by atoms with Gasteiger partial charge >= 0.3 is 0 Å². The molecule has 2 aromatic rings. The number of aromatic nitrogens is 1. The number of aliphatic hydroxyl groups is 1. The van der Waals surface area contributed by atoms with Gasteiger partial charge in [-0.05, 0) is 20.0 Å². The highest BCUT2D eigenvalue weighted by atomic mass is 79.9. The molecule has 0 bridgehead atoms. The maximum absolute atomic E-state index is 9.10. The first-order chi connectivity index (χ1) is 9.11. The van der Waals surface area contributed by atoms with Crippen molar-refractivity contribution in [1.29, 1.82) is 0 Å². The number of oxazole rings is 1. The van der Waals surface area contributed by atoms with Gasteiger partial charge in [0.2, 0.25) is 5.89 Å². The monoisotopic (exact) mass is 324 g/mol. The second kappa shape index (κ2) is 6.32. The Kier molecular flexibility index (Phi) is 4.74. The van der Waals surface area contributed by atoms with Crippen LogP contribution in [0.4, 0.5) is 0 Å². The van der Waals surface area contributed by atoms with Crippen LogP contribution in [0.5, 0.6) is 0 Å². The van der Waals surface area contributed by atoms with Crippen molar-refractivity contribution in [2.75, 3.05) is 13.7 Å². The first-order valence-corrected chi connectivity index (χ1v) is 6.92. The topological polar surface area (TPSA) is 49.5 Å². The molecule has 1 atom stereocenters. The van der Waals surface area contributed by atoms with Crippen LogP contribution in [0.3, 0.4) is 0 Å². The number of likely N-dealkylation sites (N-methyl/N-ethyl adjacent to an activating group) is 1. The number of hydrogen-bond acceptors (Lipinski definition) is 4. The van der Waals surface area contributed by atoms with Crippen LogP contribution in [0.15, 0.2) is 39.4 Å².